The second-order valence-electron chi connectivity index (χ2n) is 5.85. The number of hydrogen-bond acceptors (Lipinski definition) is 2. The summed E-state index contributed by atoms with van der Waals surface area (Å²) in [5.74, 6) is 1.90. The number of ether oxygens (including phenoxy) is 1. The van der Waals surface area contributed by atoms with E-state index in [0.717, 1.165) is 18.4 Å². The average molecular weight is 255 g/mol. The van der Waals surface area contributed by atoms with Crippen molar-refractivity contribution in [3.63, 3.8) is 0 Å². The van der Waals surface area contributed by atoms with Gasteiger partial charge in [0.15, 0.2) is 0 Å². The van der Waals surface area contributed by atoms with Gasteiger partial charge in [0.1, 0.15) is 0 Å². The third-order valence-electron chi connectivity index (χ3n) is 4.32. The molecule has 0 saturated heterocycles. The molecule has 1 fully saturated rings. The highest BCUT2D eigenvalue weighted by atomic mass is 16.5. The summed E-state index contributed by atoms with van der Waals surface area (Å²) in [6.45, 7) is 5.63. The van der Waals surface area contributed by atoms with Crippen molar-refractivity contribution < 1.29 is 4.74 Å². The quantitative estimate of drug-likeness (QED) is 0.497. The van der Waals surface area contributed by atoms with Gasteiger partial charge in [-0.3, -0.25) is 0 Å². The van der Waals surface area contributed by atoms with Gasteiger partial charge in [-0.1, -0.05) is 45.4 Å². The van der Waals surface area contributed by atoms with Gasteiger partial charge in [-0.05, 0) is 44.2 Å². The highest BCUT2D eigenvalue weighted by Gasteiger charge is 2.22. The zero-order chi connectivity index (χ0) is 13.1. The van der Waals surface area contributed by atoms with Crippen molar-refractivity contribution in [2.75, 3.05) is 26.8 Å². The molecule has 1 N–H and O–H groups in total. The molecule has 0 amide bonds. The lowest BCUT2D eigenvalue weighted by Crippen LogP contribution is -2.28. The molecule has 1 rings (SSSR count). The number of rotatable bonds is 9. The summed E-state index contributed by atoms with van der Waals surface area (Å²) in [7, 11) is 1.81. The molecule has 1 saturated carbocycles. The summed E-state index contributed by atoms with van der Waals surface area (Å²) < 4.78 is 5.15. The molecular formula is C16H33NO. The first kappa shape index (κ1) is 16.0. The third-order valence-corrected chi connectivity index (χ3v) is 4.32. The SMILES string of the molecule is CCCNCC1CCCCCC1CCCCOC. The predicted molar refractivity (Wildman–Crippen MR) is 79.0 cm³/mol. The van der Waals surface area contributed by atoms with Gasteiger partial charge in [0.05, 0.1) is 0 Å². The zero-order valence-corrected chi connectivity index (χ0v) is 12.5. The van der Waals surface area contributed by atoms with Crippen LogP contribution in [0.25, 0.3) is 0 Å². The van der Waals surface area contributed by atoms with Crippen LogP contribution in [0.4, 0.5) is 0 Å². The number of methoxy groups -OCH3 is 1. The molecule has 0 radical (unpaired) electrons. The van der Waals surface area contributed by atoms with E-state index in [2.05, 4.69) is 12.2 Å². The maximum Gasteiger partial charge on any atom is 0.0462 e. The Morgan fingerprint density at radius 1 is 1.06 bits per heavy atom. The number of nitrogens with one attached hydrogen (secondary N) is 1. The molecule has 0 aliphatic heterocycles. The van der Waals surface area contributed by atoms with Crippen LogP contribution in [-0.4, -0.2) is 26.8 Å². The second kappa shape index (κ2) is 10.8. The van der Waals surface area contributed by atoms with Crippen molar-refractivity contribution in [3.05, 3.63) is 0 Å². The first-order chi connectivity index (χ1) is 8.88. The Hall–Kier alpha value is -0.0800. The number of hydrogen-bond donors (Lipinski definition) is 1. The Morgan fingerprint density at radius 3 is 2.56 bits per heavy atom. The molecule has 0 spiro atoms. The van der Waals surface area contributed by atoms with E-state index in [1.54, 1.807) is 0 Å². The Bertz CT molecular complexity index is 184. The van der Waals surface area contributed by atoms with Gasteiger partial charge in [0.25, 0.3) is 0 Å². The van der Waals surface area contributed by atoms with Crippen molar-refractivity contribution in [3.8, 4) is 0 Å². The van der Waals surface area contributed by atoms with Gasteiger partial charge in [-0.2, -0.15) is 0 Å². The molecule has 2 unspecified atom stereocenters. The second-order valence-corrected chi connectivity index (χ2v) is 5.85. The normalized spacial score (nSPS) is 25.0. The minimum atomic E-state index is 0.932. The van der Waals surface area contributed by atoms with Gasteiger partial charge >= 0.3 is 0 Å². The standard InChI is InChI=1S/C16H33NO/c1-3-12-17-14-16-11-6-4-5-9-15(16)10-7-8-13-18-2/h15-17H,3-14H2,1-2H3. The molecule has 108 valence electrons. The van der Waals surface area contributed by atoms with Gasteiger partial charge in [-0.25, -0.2) is 0 Å². The summed E-state index contributed by atoms with van der Waals surface area (Å²) >= 11 is 0. The largest absolute Gasteiger partial charge is 0.385 e. The van der Waals surface area contributed by atoms with E-state index in [0.29, 0.717) is 0 Å². The maximum atomic E-state index is 5.15. The minimum Gasteiger partial charge on any atom is -0.385 e. The maximum absolute atomic E-state index is 5.15. The van der Waals surface area contributed by atoms with E-state index >= 15 is 0 Å². The van der Waals surface area contributed by atoms with E-state index in [-0.39, 0.29) is 0 Å². The highest BCUT2D eigenvalue weighted by Crippen LogP contribution is 2.32. The van der Waals surface area contributed by atoms with Gasteiger partial charge < -0.3 is 10.1 Å². The van der Waals surface area contributed by atoms with Crippen LogP contribution >= 0.6 is 0 Å². The fourth-order valence-electron chi connectivity index (χ4n) is 3.23. The monoisotopic (exact) mass is 255 g/mol. The third kappa shape index (κ3) is 6.75. The fraction of sp³-hybridized carbons (Fsp3) is 1.00. The Morgan fingerprint density at radius 2 is 1.83 bits per heavy atom. The van der Waals surface area contributed by atoms with Crippen LogP contribution in [0.2, 0.25) is 0 Å². The lowest BCUT2D eigenvalue weighted by molar-refractivity contribution is 0.185. The van der Waals surface area contributed by atoms with Crippen molar-refractivity contribution in [2.24, 2.45) is 11.8 Å². The van der Waals surface area contributed by atoms with Crippen LogP contribution in [-0.2, 0) is 4.74 Å². The molecule has 2 nitrogen and oxygen atoms in total. The molecule has 18 heavy (non-hydrogen) atoms. The molecule has 1 aliphatic rings. The van der Waals surface area contributed by atoms with Gasteiger partial charge in [0.2, 0.25) is 0 Å². The Balaban J connectivity index is 2.27. The van der Waals surface area contributed by atoms with Crippen LogP contribution in [0.1, 0.15) is 64.7 Å². The summed E-state index contributed by atoms with van der Waals surface area (Å²) in [4.78, 5) is 0. The van der Waals surface area contributed by atoms with Crippen LogP contribution in [0.5, 0.6) is 0 Å². The van der Waals surface area contributed by atoms with Crippen LogP contribution < -0.4 is 5.32 Å². The highest BCUT2D eigenvalue weighted by molar-refractivity contribution is 4.76. The smallest absolute Gasteiger partial charge is 0.0462 e. The Kier molecular flexibility index (Phi) is 9.59. The number of unbranched alkanes of at least 4 members (excludes halogenated alkanes) is 1. The first-order valence-electron chi connectivity index (χ1n) is 8.08. The van der Waals surface area contributed by atoms with E-state index < -0.39 is 0 Å². The minimum absolute atomic E-state index is 0.932. The van der Waals surface area contributed by atoms with Crippen molar-refractivity contribution >= 4 is 0 Å². The average Bonchev–Trinajstić information content (AvgIpc) is 2.61. The molecule has 0 aromatic heterocycles. The molecule has 0 aromatic rings. The van der Waals surface area contributed by atoms with Crippen LogP contribution in [0.3, 0.4) is 0 Å². The van der Waals surface area contributed by atoms with E-state index in [1.165, 1.54) is 70.9 Å². The summed E-state index contributed by atoms with van der Waals surface area (Å²) in [6.07, 6.45) is 12.5. The van der Waals surface area contributed by atoms with E-state index in [1.807, 2.05) is 7.11 Å². The van der Waals surface area contributed by atoms with Gasteiger partial charge in [0, 0.05) is 13.7 Å². The molecular weight excluding hydrogens is 222 g/mol. The zero-order valence-electron chi connectivity index (χ0n) is 12.5. The predicted octanol–water partition coefficient (Wildman–Crippen LogP) is 4.00. The van der Waals surface area contributed by atoms with Crippen LogP contribution in [0, 0.1) is 11.8 Å². The fourth-order valence-corrected chi connectivity index (χ4v) is 3.23. The summed E-state index contributed by atoms with van der Waals surface area (Å²) in [6, 6.07) is 0. The molecule has 0 bridgehead atoms. The lowest BCUT2D eigenvalue weighted by Gasteiger charge is -2.25. The molecule has 1 aliphatic carbocycles. The summed E-state index contributed by atoms with van der Waals surface area (Å²) in [5.41, 5.74) is 0. The van der Waals surface area contributed by atoms with E-state index in [4.69, 9.17) is 4.74 Å². The van der Waals surface area contributed by atoms with Crippen molar-refractivity contribution in [1.29, 1.82) is 0 Å². The molecule has 0 heterocycles. The molecule has 0 aromatic carbocycles. The first-order valence-corrected chi connectivity index (χ1v) is 8.08. The van der Waals surface area contributed by atoms with Crippen LogP contribution in [0.15, 0.2) is 0 Å². The summed E-state index contributed by atoms with van der Waals surface area (Å²) in [5, 5.41) is 3.64. The van der Waals surface area contributed by atoms with Crippen molar-refractivity contribution in [2.45, 2.75) is 64.7 Å². The van der Waals surface area contributed by atoms with E-state index in [9.17, 15) is 0 Å². The molecule has 2 atom stereocenters. The van der Waals surface area contributed by atoms with Crippen molar-refractivity contribution in [1.82, 2.24) is 5.32 Å². The molecule has 2 heteroatoms. The lowest BCUT2D eigenvalue weighted by atomic mass is 9.84. The topological polar surface area (TPSA) is 21.3 Å². The Labute approximate surface area is 114 Å². The van der Waals surface area contributed by atoms with Gasteiger partial charge in [-0.15, -0.1) is 0 Å².